The van der Waals surface area contributed by atoms with E-state index in [1.807, 2.05) is 6.92 Å². The van der Waals surface area contributed by atoms with Gasteiger partial charge in [-0.2, -0.15) is 0 Å². The average molecular weight is 249 g/mol. The van der Waals surface area contributed by atoms with Crippen LogP contribution in [0.15, 0.2) is 30.6 Å². The highest BCUT2D eigenvalue weighted by Crippen LogP contribution is 2.15. The molecule has 0 amide bonds. The fourth-order valence-corrected chi connectivity index (χ4v) is 1.67. The van der Waals surface area contributed by atoms with Gasteiger partial charge in [0.15, 0.2) is 0 Å². The lowest BCUT2D eigenvalue weighted by molar-refractivity contribution is 0.574. The van der Waals surface area contributed by atoms with Crippen molar-refractivity contribution in [2.75, 3.05) is 0 Å². The number of hydrogen-bond acceptors (Lipinski definition) is 3. The van der Waals surface area contributed by atoms with Crippen molar-refractivity contribution in [1.82, 2.24) is 9.97 Å². The smallest absolute Gasteiger partial charge is 0.145 e. The molecule has 94 valence electrons. The molecule has 0 bridgehead atoms. The third kappa shape index (κ3) is 3.07. The highest BCUT2D eigenvalue weighted by atomic mass is 19.1. The second kappa shape index (κ2) is 5.18. The highest BCUT2D eigenvalue weighted by molar-refractivity contribution is 5.20. The molecule has 0 radical (unpaired) electrons. The lowest BCUT2D eigenvalue weighted by Gasteiger charge is -2.10. The summed E-state index contributed by atoms with van der Waals surface area (Å²) in [6, 6.07) is 2.87. The van der Waals surface area contributed by atoms with E-state index in [-0.39, 0.29) is 6.42 Å². The van der Waals surface area contributed by atoms with E-state index >= 15 is 0 Å². The fraction of sp³-hybridized carbons (Fsp3) is 0.231. The van der Waals surface area contributed by atoms with Crippen molar-refractivity contribution in [3.63, 3.8) is 0 Å². The van der Waals surface area contributed by atoms with Crippen LogP contribution in [0.25, 0.3) is 0 Å². The Bertz CT molecular complexity index is 520. The molecular formula is C13H13F2N3. The number of halogens is 2. The Morgan fingerprint density at radius 3 is 2.22 bits per heavy atom. The molecule has 0 aliphatic carbocycles. The van der Waals surface area contributed by atoms with Crippen molar-refractivity contribution in [3.8, 4) is 0 Å². The van der Waals surface area contributed by atoms with E-state index in [1.165, 1.54) is 12.1 Å². The minimum Gasteiger partial charge on any atom is -0.321 e. The number of rotatable bonds is 3. The third-order valence-electron chi connectivity index (χ3n) is 2.51. The van der Waals surface area contributed by atoms with Crippen LogP contribution in [0.4, 0.5) is 8.78 Å². The van der Waals surface area contributed by atoms with Crippen LogP contribution in [0.1, 0.15) is 23.0 Å². The standard InChI is InChI=1S/C13H13F2N3/c1-8-6-17-13(18-7-8)12(16)4-9-2-10(14)5-11(15)3-9/h2-3,5-7,12H,4,16H2,1H3. The van der Waals surface area contributed by atoms with E-state index in [0.29, 0.717) is 11.4 Å². The molecule has 0 aliphatic heterocycles. The topological polar surface area (TPSA) is 51.8 Å². The largest absolute Gasteiger partial charge is 0.321 e. The van der Waals surface area contributed by atoms with Crippen molar-refractivity contribution in [1.29, 1.82) is 0 Å². The molecule has 1 atom stereocenters. The zero-order valence-corrected chi connectivity index (χ0v) is 9.90. The summed E-state index contributed by atoms with van der Waals surface area (Å²) in [5.41, 5.74) is 7.33. The van der Waals surface area contributed by atoms with Gasteiger partial charge in [-0.05, 0) is 36.6 Å². The van der Waals surface area contributed by atoms with Gasteiger partial charge in [0.2, 0.25) is 0 Å². The summed E-state index contributed by atoms with van der Waals surface area (Å²) >= 11 is 0. The second-order valence-electron chi connectivity index (χ2n) is 4.21. The number of nitrogens with zero attached hydrogens (tertiary/aromatic N) is 2. The molecule has 1 aromatic heterocycles. The molecule has 5 heteroatoms. The van der Waals surface area contributed by atoms with E-state index in [0.717, 1.165) is 11.6 Å². The van der Waals surface area contributed by atoms with Crippen LogP contribution in [0, 0.1) is 18.6 Å². The molecule has 0 saturated heterocycles. The van der Waals surface area contributed by atoms with Crippen LogP contribution < -0.4 is 5.73 Å². The molecule has 0 aliphatic rings. The lowest BCUT2D eigenvalue weighted by Crippen LogP contribution is -2.16. The Hall–Kier alpha value is -1.88. The Labute approximate surface area is 104 Å². The Balaban J connectivity index is 2.15. The lowest BCUT2D eigenvalue weighted by atomic mass is 10.1. The first kappa shape index (κ1) is 12.6. The molecule has 1 heterocycles. The van der Waals surface area contributed by atoms with Gasteiger partial charge < -0.3 is 5.73 Å². The van der Waals surface area contributed by atoms with Gasteiger partial charge in [-0.15, -0.1) is 0 Å². The van der Waals surface area contributed by atoms with Crippen molar-refractivity contribution in [3.05, 3.63) is 59.2 Å². The summed E-state index contributed by atoms with van der Waals surface area (Å²) in [7, 11) is 0. The molecule has 3 nitrogen and oxygen atoms in total. The van der Waals surface area contributed by atoms with Crippen LogP contribution in [0.3, 0.4) is 0 Å². The van der Waals surface area contributed by atoms with Crippen molar-refractivity contribution in [2.45, 2.75) is 19.4 Å². The van der Waals surface area contributed by atoms with Crippen molar-refractivity contribution in [2.24, 2.45) is 5.73 Å². The maximum Gasteiger partial charge on any atom is 0.145 e. The summed E-state index contributed by atoms with van der Waals surface area (Å²) in [6.07, 6.45) is 3.61. The predicted molar refractivity (Wildman–Crippen MR) is 63.8 cm³/mol. The maximum atomic E-state index is 13.0. The van der Waals surface area contributed by atoms with Gasteiger partial charge in [-0.1, -0.05) is 0 Å². The number of aromatic nitrogens is 2. The van der Waals surface area contributed by atoms with Gasteiger partial charge in [0.1, 0.15) is 17.5 Å². The maximum absolute atomic E-state index is 13.0. The summed E-state index contributed by atoms with van der Waals surface area (Å²) in [6.45, 7) is 1.87. The second-order valence-corrected chi connectivity index (χ2v) is 4.21. The first-order valence-corrected chi connectivity index (χ1v) is 5.53. The Morgan fingerprint density at radius 2 is 1.67 bits per heavy atom. The molecule has 1 unspecified atom stereocenters. The van der Waals surface area contributed by atoms with Crippen LogP contribution in [0.2, 0.25) is 0 Å². The van der Waals surface area contributed by atoms with Gasteiger partial charge in [-0.25, -0.2) is 18.7 Å². The fourth-order valence-electron chi connectivity index (χ4n) is 1.67. The molecule has 0 fully saturated rings. The molecule has 2 rings (SSSR count). The SMILES string of the molecule is Cc1cnc(C(N)Cc2cc(F)cc(F)c2)nc1. The first-order chi connectivity index (χ1) is 8.54. The number of hydrogen-bond donors (Lipinski definition) is 1. The van der Waals surface area contributed by atoms with E-state index in [2.05, 4.69) is 9.97 Å². The van der Waals surface area contributed by atoms with E-state index in [1.54, 1.807) is 12.4 Å². The van der Waals surface area contributed by atoms with E-state index in [9.17, 15) is 8.78 Å². The van der Waals surface area contributed by atoms with Gasteiger partial charge in [0, 0.05) is 18.5 Å². The van der Waals surface area contributed by atoms with Crippen LogP contribution in [0.5, 0.6) is 0 Å². The van der Waals surface area contributed by atoms with E-state index in [4.69, 9.17) is 5.73 Å². The monoisotopic (exact) mass is 249 g/mol. The summed E-state index contributed by atoms with van der Waals surface area (Å²) in [5, 5.41) is 0. The number of benzene rings is 1. The molecule has 18 heavy (non-hydrogen) atoms. The molecule has 1 aromatic carbocycles. The zero-order chi connectivity index (χ0) is 13.1. The molecule has 0 saturated carbocycles. The predicted octanol–water partition coefficient (Wildman–Crippen LogP) is 2.31. The normalized spacial score (nSPS) is 12.4. The minimum atomic E-state index is -0.609. The van der Waals surface area contributed by atoms with Crippen LogP contribution >= 0.6 is 0 Å². The summed E-state index contributed by atoms with van der Waals surface area (Å²) in [5.74, 6) is -0.755. The molecular weight excluding hydrogens is 236 g/mol. The van der Waals surface area contributed by atoms with Gasteiger partial charge in [0.05, 0.1) is 6.04 Å². The van der Waals surface area contributed by atoms with Crippen molar-refractivity contribution < 1.29 is 8.78 Å². The van der Waals surface area contributed by atoms with Crippen molar-refractivity contribution >= 4 is 0 Å². The number of aryl methyl sites for hydroxylation is 1. The summed E-state index contributed by atoms with van der Waals surface area (Å²) < 4.78 is 26.0. The molecule has 2 N–H and O–H groups in total. The zero-order valence-electron chi connectivity index (χ0n) is 9.90. The van der Waals surface area contributed by atoms with Crippen LogP contribution in [-0.2, 0) is 6.42 Å². The van der Waals surface area contributed by atoms with Gasteiger partial charge in [-0.3, -0.25) is 0 Å². The van der Waals surface area contributed by atoms with Gasteiger partial charge >= 0.3 is 0 Å². The molecule has 0 spiro atoms. The highest BCUT2D eigenvalue weighted by Gasteiger charge is 2.11. The Morgan fingerprint density at radius 1 is 1.11 bits per heavy atom. The average Bonchev–Trinajstić information content (AvgIpc) is 2.28. The Kier molecular flexibility index (Phi) is 3.62. The van der Waals surface area contributed by atoms with E-state index < -0.39 is 17.7 Å². The quantitative estimate of drug-likeness (QED) is 0.908. The molecule has 2 aromatic rings. The van der Waals surface area contributed by atoms with Gasteiger partial charge in [0.25, 0.3) is 0 Å². The minimum absolute atomic E-state index is 0.289. The number of nitrogens with two attached hydrogens (primary N) is 1. The third-order valence-corrected chi connectivity index (χ3v) is 2.51. The first-order valence-electron chi connectivity index (χ1n) is 5.53. The van der Waals surface area contributed by atoms with Crippen LogP contribution in [-0.4, -0.2) is 9.97 Å². The summed E-state index contributed by atoms with van der Waals surface area (Å²) in [4.78, 5) is 8.19.